The molecule has 0 unspecified atom stereocenters. The van der Waals surface area contributed by atoms with Crippen molar-refractivity contribution in [3.05, 3.63) is 6.28 Å². The fraction of sp³-hybridized carbons (Fsp3) is 0.842. The Bertz CT molecular complexity index is 936. The number of rotatable bonds is 24. The van der Waals surface area contributed by atoms with Gasteiger partial charge in [0, 0.05) is 0 Å². The van der Waals surface area contributed by atoms with Gasteiger partial charge in [-0.15, -0.1) is 41.3 Å². The molecule has 0 aromatic carbocycles. The SMILES string of the molecule is CCCC[N+](CCCC)(CCCC)CCCC.CCCC[N+](CCCC)(CCCC)CCCC.S=c1sc([S-])c([S-])s1.S=c1sc([S-])c([S-])s1.[Pd+2]. The molecule has 0 saturated carbocycles. The van der Waals surface area contributed by atoms with Gasteiger partial charge in [0.1, 0.15) is 0 Å². The molecule has 0 spiro atoms. The van der Waals surface area contributed by atoms with Crippen LogP contribution in [0.1, 0.15) is 158 Å². The molecular formula is C38H72N2PdS10. The summed E-state index contributed by atoms with van der Waals surface area (Å²) in [6, 6.07) is 0. The first-order chi connectivity index (χ1) is 23.9. The van der Waals surface area contributed by atoms with E-state index >= 15 is 0 Å². The third-order valence-corrected chi connectivity index (χ3v) is 16.0. The topological polar surface area (TPSA) is 0 Å². The summed E-state index contributed by atoms with van der Waals surface area (Å²) in [5.41, 5.74) is 0. The summed E-state index contributed by atoms with van der Waals surface area (Å²) in [6.07, 6.45) is 22.1. The molecule has 0 bridgehead atoms. The predicted molar refractivity (Wildman–Crippen MR) is 247 cm³/mol. The van der Waals surface area contributed by atoms with Gasteiger partial charge < -0.3 is 105 Å². The van der Waals surface area contributed by atoms with Crippen molar-refractivity contribution < 1.29 is 29.4 Å². The molecule has 2 heterocycles. The van der Waals surface area contributed by atoms with Crippen LogP contribution in [0.5, 0.6) is 0 Å². The van der Waals surface area contributed by atoms with Gasteiger partial charge in [0.2, 0.25) is 0 Å². The second-order valence-corrected chi connectivity index (χ2v) is 22.5. The molecule has 2 nitrogen and oxygen atoms in total. The average molecular weight is 984 g/mol. The van der Waals surface area contributed by atoms with E-state index in [2.05, 4.69) is 55.4 Å². The van der Waals surface area contributed by atoms with Crippen LogP contribution in [0.25, 0.3) is 0 Å². The average Bonchev–Trinajstić information content (AvgIpc) is 3.57. The fourth-order valence-electron chi connectivity index (χ4n) is 5.80. The second-order valence-electron chi connectivity index (χ2n) is 13.4. The summed E-state index contributed by atoms with van der Waals surface area (Å²) in [5, 5.41) is 0. The molecule has 0 aliphatic heterocycles. The van der Waals surface area contributed by atoms with Crippen LogP contribution in [0.4, 0.5) is 0 Å². The molecule has 0 radical (unpaired) electrons. The van der Waals surface area contributed by atoms with Crippen LogP contribution in [0.3, 0.4) is 0 Å². The van der Waals surface area contributed by atoms with E-state index in [0.717, 1.165) is 23.1 Å². The Labute approximate surface area is 379 Å². The van der Waals surface area contributed by atoms with Gasteiger partial charge in [0.15, 0.2) is 0 Å². The van der Waals surface area contributed by atoms with Gasteiger partial charge in [-0.25, -0.2) is 0 Å². The van der Waals surface area contributed by atoms with Crippen molar-refractivity contribution in [2.45, 2.75) is 175 Å². The van der Waals surface area contributed by atoms with Gasteiger partial charge in [0.25, 0.3) is 0 Å². The van der Waals surface area contributed by atoms with Crippen LogP contribution in [-0.2, 0) is 70.9 Å². The summed E-state index contributed by atoms with van der Waals surface area (Å²) in [6.45, 7) is 30.0. The largest absolute Gasteiger partial charge is 2.00 e. The van der Waals surface area contributed by atoms with Crippen molar-refractivity contribution in [1.29, 1.82) is 0 Å². The Kier molecular flexibility index (Phi) is 42.2. The van der Waals surface area contributed by atoms with E-state index in [1.807, 2.05) is 0 Å². The van der Waals surface area contributed by atoms with Crippen molar-refractivity contribution in [2.75, 3.05) is 52.4 Å². The molecule has 0 amide bonds. The Morgan fingerprint density at radius 2 is 0.490 bits per heavy atom. The first-order valence-electron chi connectivity index (χ1n) is 19.5. The van der Waals surface area contributed by atoms with E-state index in [1.54, 1.807) is 0 Å². The molecule has 0 fully saturated rings. The molecule has 13 heteroatoms. The van der Waals surface area contributed by atoms with Crippen LogP contribution in [-0.4, -0.2) is 61.3 Å². The van der Waals surface area contributed by atoms with E-state index in [0.29, 0.717) is 0 Å². The third kappa shape index (κ3) is 29.8. The maximum absolute atomic E-state index is 4.83. The molecule has 51 heavy (non-hydrogen) atoms. The van der Waals surface area contributed by atoms with E-state index in [-0.39, 0.29) is 20.4 Å². The van der Waals surface area contributed by atoms with Crippen LogP contribution < -0.4 is 0 Å². The molecule has 0 aliphatic rings. The van der Waals surface area contributed by atoms with Gasteiger partial charge in [-0.05, 0) is 57.6 Å². The standard InChI is InChI=1S/2C16H36N.2C3H2S5.Pd/c2*1-5-9-13-17(14-10-6-2,15-11-7-3)16-12-8-4;2*4-1-2(5)8-3(6)7-1;/h2*5-16H2,1-4H3;2*4-5H;/q2*+1;;;+2/p-4. The van der Waals surface area contributed by atoms with Gasteiger partial charge in [0.05, 0.1) is 52.4 Å². The summed E-state index contributed by atoms with van der Waals surface area (Å²) >= 11 is 34.6. The molecule has 2 aromatic rings. The number of hydrogen-bond donors (Lipinski definition) is 0. The van der Waals surface area contributed by atoms with Crippen molar-refractivity contribution in [3.63, 3.8) is 0 Å². The minimum atomic E-state index is 0. The molecule has 0 N–H and O–H groups in total. The maximum atomic E-state index is 4.83. The molecule has 0 atom stereocenters. The fourth-order valence-corrected chi connectivity index (χ4v) is 12.3. The van der Waals surface area contributed by atoms with Crippen molar-refractivity contribution in [2.24, 2.45) is 0 Å². The van der Waals surface area contributed by atoms with E-state index in [9.17, 15) is 0 Å². The van der Waals surface area contributed by atoms with Crippen LogP contribution in [0.2, 0.25) is 0 Å². The van der Waals surface area contributed by atoms with Crippen molar-refractivity contribution in [1.82, 2.24) is 0 Å². The molecule has 0 aliphatic carbocycles. The quantitative estimate of drug-likeness (QED) is 0.0442. The number of unbranched alkanes of at least 4 members (excludes halogenated alkanes) is 8. The zero-order chi connectivity index (χ0) is 38.3. The maximum Gasteiger partial charge on any atom is 2.00 e. The zero-order valence-electron chi connectivity index (χ0n) is 33.3. The van der Waals surface area contributed by atoms with Gasteiger partial charge in [-0.1, -0.05) is 107 Å². The first kappa shape index (κ1) is 57.3. The smallest absolute Gasteiger partial charge is 0.429 e. The Morgan fingerprint density at radius 1 is 0.353 bits per heavy atom. The number of hydrogen-bond acceptors (Lipinski definition) is 10. The molecule has 0 saturated heterocycles. The summed E-state index contributed by atoms with van der Waals surface area (Å²) < 4.78 is 7.54. The zero-order valence-corrected chi connectivity index (χ0v) is 43.0. The second kappa shape index (κ2) is 37.6. The van der Waals surface area contributed by atoms with Crippen LogP contribution in [0.15, 0.2) is 16.8 Å². The van der Waals surface area contributed by atoms with Crippen molar-refractivity contribution in [3.8, 4) is 0 Å². The number of quaternary nitrogens is 2. The first-order valence-corrected chi connectivity index (χ1v) is 25.3. The monoisotopic (exact) mass is 982 g/mol. The molecular weight excluding hydrogens is 912 g/mol. The predicted octanol–water partition coefficient (Wildman–Crippen LogP) is 14.7. The summed E-state index contributed by atoms with van der Waals surface area (Å²) in [4.78, 5) is 0. The minimum Gasteiger partial charge on any atom is -0.429 e. The van der Waals surface area contributed by atoms with Gasteiger partial charge in [-0.2, -0.15) is 0 Å². The Morgan fingerprint density at radius 3 is 0.569 bits per heavy atom. The van der Waals surface area contributed by atoms with Gasteiger partial charge in [-0.3, -0.25) is 0 Å². The minimum absolute atomic E-state index is 0. The Balaban J connectivity index is -0.000000630. The summed E-state index contributed by atoms with van der Waals surface area (Å²) in [7, 11) is 0. The number of nitrogens with zero attached hydrogens (tertiary/aromatic N) is 2. The van der Waals surface area contributed by atoms with E-state index in [1.165, 1.54) is 209 Å². The summed E-state index contributed by atoms with van der Waals surface area (Å²) in [5.74, 6) is 0. The van der Waals surface area contributed by atoms with E-state index in [4.69, 9.17) is 75.0 Å². The molecule has 2 rings (SSSR count). The third-order valence-electron chi connectivity index (χ3n) is 8.93. The molecule has 304 valence electrons. The van der Waals surface area contributed by atoms with Crippen molar-refractivity contribution >= 4 is 120 Å². The molecule has 2 aromatic heterocycles. The van der Waals surface area contributed by atoms with Crippen LogP contribution in [0, 0.1) is 6.28 Å². The van der Waals surface area contributed by atoms with E-state index < -0.39 is 0 Å². The van der Waals surface area contributed by atoms with Crippen LogP contribution >= 0.6 is 69.8 Å². The van der Waals surface area contributed by atoms with Gasteiger partial charge >= 0.3 is 20.4 Å². The Hall–Kier alpha value is 2.00. The normalized spacial score (nSPS) is 11.0.